The van der Waals surface area contributed by atoms with Gasteiger partial charge >= 0.3 is 0 Å². The number of amides is 1. The van der Waals surface area contributed by atoms with Crippen LogP contribution in [-0.4, -0.2) is 31.0 Å². The first-order valence-electron chi connectivity index (χ1n) is 7.91. The number of rotatable bonds is 3. The lowest BCUT2D eigenvalue weighted by atomic mass is 9.94. The fourth-order valence-corrected chi connectivity index (χ4v) is 3.10. The average molecular weight is 289 g/mol. The summed E-state index contributed by atoms with van der Waals surface area (Å²) in [6.07, 6.45) is 2.34. The topological polar surface area (TPSA) is 29.5 Å². The van der Waals surface area contributed by atoms with E-state index in [1.54, 1.807) is 7.11 Å². The predicted octanol–water partition coefficient (Wildman–Crippen LogP) is 4.00. The van der Waals surface area contributed by atoms with Crippen LogP contribution in [0.15, 0.2) is 12.1 Å². The van der Waals surface area contributed by atoms with E-state index in [1.165, 1.54) is 6.42 Å². The Labute approximate surface area is 128 Å². The van der Waals surface area contributed by atoms with Gasteiger partial charge in [-0.3, -0.25) is 4.79 Å². The maximum absolute atomic E-state index is 12.8. The van der Waals surface area contributed by atoms with Crippen LogP contribution in [0.1, 0.15) is 61.0 Å². The highest BCUT2D eigenvalue weighted by molar-refractivity contribution is 5.96. The maximum Gasteiger partial charge on any atom is 0.254 e. The zero-order chi connectivity index (χ0) is 15.6. The molecule has 0 bridgehead atoms. The third-order valence-electron chi connectivity index (χ3n) is 4.37. The summed E-state index contributed by atoms with van der Waals surface area (Å²) in [5.41, 5.74) is 2.93. The van der Waals surface area contributed by atoms with Gasteiger partial charge in [0.05, 0.1) is 7.11 Å². The second kappa shape index (κ2) is 6.50. The molecule has 1 atom stereocenters. The lowest BCUT2D eigenvalue weighted by molar-refractivity contribution is 0.0682. The van der Waals surface area contributed by atoms with Gasteiger partial charge < -0.3 is 9.64 Å². The minimum absolute atomic E-state index is 0.170. The predicted molar refractivity (Wildman–Crippen MR) is 86.1 cm³/mol. The molecule has 1 heterocycles. The summed E-state index contributed by atoms with van der Waals surface area (Å²) in [6, 6.07) is 4.02. The minimum Gasteiger partial charge on any atom is -0.496 e. The van der Waals surface area contributed by atoms with E-state index in [0.29, 0.717) is 11.8 Å². The summed E-state index contributed by atoms with van der Waals surface area (Å²) in [5, 5.41) is 0. The molecule has 2 rings (SSSR count). The van der Waals surface area contributed by atoms with Crippen molar-refractivity contribution < 1.29 is 9.53 Å². The van der Waals surface area contributed by atoms with Gasteiger partial charge in [0.25, 0.3) is 5.91 Å². The number of hydrogen-bond acceptors (Lipinski definition) is 2. The molecule has 0 aromatic heterocycles. The number of ether oxygens (including phenoxy) is 1. The zero-order valence-electron chi connectivity index (χ0n) is 13.9. The Balaban J connectivity index is 2.34. The SMILES string of the molecule is COc1cc(C)c(C(=O)N2CCCC(C)C2)cc1C(C)C. The average Bonchev–Trinajstić information content (AvgIpc) is 2.45. The van der Waals surface area contributed by atoms with E-state index < -0.39 is 0 Å². The van der Waals surface area contributed by atoms with Crippen molar-refractivity contribution in [2.75, 3.05) is 20.2 Å². The van der Waals surface area contributed by atoms with E-state index in [0.717, 1.165) is 42.0 Å². The largest absolute Gasteiger partial charge is 0.496 e. The molecule has 116 valence electrons. The first kappa shape index (κ1) is 15.9. The van der Waals surface area contributed by atoms with Crippen molar-refractivity contribution in [1.82, 2.24) is 4.90 Å². The van der Waals surface area contributed by atoms with Gasteiger partial charge in [0.2, 0.25) is 0 Å². The molecule has 1 amide bonds. The molecule has 0 saturated carbocycles. The van der Waals surface area contributed by atoms with Crippen LogP contribution in [0.4, 0.5) is 0 Å². The second-order valence-electron chi connectivity index (χ2n) is 6.56. The number of hydrogen-bond donors (Lipinski definition) is 0. The first-order valence-corrected chi connectivity index (χ1v) is 7.91. The lowest BCUT2D eigenvalue weighted by Crippen LogP contribution is -2.39. The molecule has 3 nitrogen and oxygen atoms in total. The Morgan fingerprint density at radius 3 is 2.67 bits per heavy atom. The third kappa shape index (κ3) is 3.39. The number of benzene rings is 1. The van der Waals surface area contributed by atoms with Crippen LogP contribution < -0.4 is 4.74 Å². The van der Waals surface area contributed by atoms with Crippen molar-refractivity contribution in [3.63, 3.8) is 0 Å². The monoisotopic (exact) mass is 289 g/mol. The Kier molecular flexibility index (Phi) is 4.92. The molecular weight excluding hydrogens is 262 g/mol. The van der Waals surface area contributed by atoms with Gasteiger partial charge in [-0.15, -0.1) is 0 Å². The van der Waals surface area contributed by atoms with Gasteiger partial charge in [-0.05, 0) is 54.9 Å². The quantitative estimate of drug-likeness (QED) is 0.841. The first-order chi connectivity index (χ1) is 9.93. The molecule has 1 unspecified atom stereocenters. The molecule has 1 saturated heterocycles. The van der Waals surface area contributed by atoms with E-state index in [4.69, 9.17) is 4.74 Å². The highest BCUT2D eigenvalue weighted by Crippen LogP contribution is 2.30. The van der Waals surface area contributed by atoms with E-state index in [9.17, 15) is 4.79 Å². The fourth-order valence-electron chi connectivity index (χ4n) is 3.10. The van der Waals surface area contributed by atoms with E-state index in [2.05, 4.69) is 20.8 Å². The van der Waals surface area contributed by atoms with Gasteiger partial charge in [0.1, 0.15) is 5.75 Å². The Bertz CT molecular complexity index is 522. The standard InChI is InChI=1S/C18H27NO2/c1-12(2)15-10-16(14(4)9-17(15)21-5)18(20)19-8-6-7-13(3)11-19/h9-10,12-13H,6-8,11H2,1-5H3. The van der Waals surface area contributed by atoms with Gasteiger partial charge in [0, 0.05) is 18.7 Å². The van der Waals surface area contributed by atoms with Crippen LogP contribution in [0.25, 0.3) is 0 Å². The van der Waals surface area contributed by atoms with Gasteiger partial charge in [-0.2, -0.15) is 0 Å². The molecular formula is C18H27NO2. The van der Waals surface area contributed by atoms with Crippen LogP contribution in [-0.2, 0) is 0 Å². The Morgan fingerprint density at radius 2 is 2.10 bits per heavy atom. The number of carbonyl (C=O) groups is 1. The number of likely N-dealkylation sites (tertiary alicyclic amines) is 1. The number of piperidine rings is 1. The fraction of sp³-hybridized carbons (Fsp3) is 0.611. The van der Waals surface area contributed by atoms with Crippen LogP contribution in [0.5, 0.6) is 5.75 Å². The van der Waals surface area contributed by atoms with Gasteiger partial charge in [-0.25, -0.2) is 0 Å². The third-order valence-corrected chi connectivity index (χ3v) is 4.37. The highest BCUT2D eigenvalue weighted by Gasteiger charge is 2.24. The highest BCUT2D eigenvalue weighted by atomic mass is 16.5. The van der Waals surface area contributed by atoms with Crippen molar-refractivity contribution >= 4 is 5.91 Å². The number of aryl methyl sites for hydroxylation is 1. The molecule has 0 N–H and O–H groups in total. The molecule has 1 aliphatic rings. The van der Waals surface area contributed by atoms with Crippen LogP contribution in [0.2, 0.25) is 0 Å². The molecule has 1 aromatic carbocycles. The summed E-state index contributed by atoms with van der Waals surface area (Å²) in [5.74, 6) is 1.99. The van der Waals surface area contributed by atoms with Crippen molar-refractivity contribution in [2.45, 2.75) is 46.5 Å². The molecule has 1 fully saturated rings. The van der Waals surface area contributed by atoms with Crippen molar-refractivity contribution in [1.29, 1.82) is 0 Å². The Hall–Kier alpha value is -1.51. The maximum atomic E-state index is 12.8. The minimum atomic E-state index is 0.170. The molecule has 1 aliphatic heterocycles. The molecule has 1 aromatic rings. The van der Waals surface area contributed by atoms with Crippen molar-refractivity contribution in [3.8, 4) is 5.75 Å². The van der Waals surface area contributed by atoms with E-state index >= 15 is 0 Å². The Morgan fingerprint density at radius 1 is 1.38 bits per heavy atom. The van der Waals surface area contributed by atoms with Crippen LogP contribution >= 0.6 is 0 Å². The number of methoxy groups -OCH3 is 1. The summed E-state index contributed by atoms with van der Waals surface area (Å²) in [4.78, 5) is 14.8. The van der Waals surface area contributed by atoms with Crippen molar-refractivity contribution in [3.05, 3.63) is 28.8 Å². The summed E-state index contributed by atoms with van der Waals surface area (Å²) in [6.45, 7) is 10.2. The summed E-state index contributed by atoms with van der Waals surface area (Å²) < 4.78 is 5.46. The smallest absolute Gasteiger partial charge is 0.254 e. The van der Waals surface area contributed by atoms with Crippen molar-refractivity contribution in [2.24, 2.45) is 5.92 Å². The number of carbonyl (C=O) groups excluding carboxylic acids is 1. The van der Waals surface area contributed by atoms with E-state index in [1.807, 2.05) is 24.0 Å². The molecule has 0 aliphatic carbocycles. The second-order valence-corrected chi connectivity index (χ2v) is 6.56. The summed E-state index contributed by atoms with van der Waals surface area (Å²) >= 11 is 0. The van der Waals surface area contributed by atoms with E-state index in [-0.39, 0.29) is 5.91 Å². The van der Waals surface area contributed by atoms with Crippen LogP contribution in [0, 0.1) is 12.8 Å². The number of nitrogens with zero attached hydrogens (tertiary/aromatic N) is 1. The van der Waals surface area contributed by atoms with Gasteiger partial charge in [-0.1, -0.05) is 20.8 Å². The summed E-state index contributed by atoms with van der Waals surface area (Å²) in [7, 11) is 1.69. The molecule has 21 heavy (non-hydrogen) atoms. The normalized spacial score (nSPS) is 19.0. The zero-order valence-corrected chi connectivity index (χ0v) is 13.9. The van der Waals surface area contributed by atoms with Gasteiger partial charge in [0.15, 0.2) is 0 Å². The molecule has 3 heteroatoms. The molecule has 0 spiro atoms. The molecule has 0 radical (unpaired) electrons. The van der Waals surface area contributed by atoms with Crippen LogP contribution in [0.3, 0.4) is 0 Å². The lowest BCUT2D eigenvalue weighted by Gasteiger charge is -2.31.